The molecule has 2 aromatic rings. The first-order valence-corrected chi connectivity index (χ1v) is 8.64. The molecule has 0 saturated heterocycles. The lowest BCUT2D eigenvalue weighted by atomic mass is 10.1. The number of para-hydroxylation sites is 1. The van der Waals surface area contributed by atoms with Gasteiger partial charge in [-0.2, -0.15) is 0 Å². The Labute approximate surface area is 147 Å². The third-order valence-corrected chi connectivity index (χ3v) is 4.51. The summed E-state index contributed by atoms with van der Waals surface area (Å²) < 4.78 is 7.47. The zero-order chi connectivity index (χ0) is 17.2. The molecule has 1 aromatic carbocycles. The molecule has 1 N–H and O–H groups in total. The second kappa shape index (κ2) is 6.85. The van der Waals surface area contributed by atoms with Crippen LogP contribution in [-0.2, 0) is 4.79 Å². The highest BCUT2D eigenvalue weighted by molar-refractivity contribution is 6.31. The molecule has 1 aromatic heterocycles. The molecule has 128 valence electrons. The average molecular weight is 348 g/mol. The van der Waals surface area contributed by atoms with Crippen molar-refractivity contribution < 1.29 is 9.53 Å². The van der Waals surface area contributed by atoms with Gasteiger partial charge >= 0.3 is 0 Å². The number of hydrogen-bond acceptors (Lipinski definition) is 3. The number of halogens is 1. The molecule has 0 bridgehead atoms. The van der Waals surface area contributed by atoms with Gasteiger partial charge in [0.15, 0.2) is 5.60 Å². The fourth-order valence-corrected chi connectivity index (χ4v) is 3.01. The minimum absolute atomic E-state index is 0.139. The van der Waals surface area contributed by atoms with Crippen LogP contribution in [0.5, 0.6) is 5.88 Å². The fraction of sp³-hybridized carbons (Fsp3) is 0.444. The number of benzene rings is 1. The van der Waals surface area contributed by atoms with Gasteiger partial charge in [0.05, 0.1) is 11.9 Å². The van der Waals surface area contributed by atoms with Gasteiger partial charge in [-0.05, 0) is 38.8 Å². The highest BCUT2D eigenvalue weighted by atomic mass is 35.5. The smallest absolute Gasteiger partial charge is 0.263 e. The number of ether oxygens (including phenoxy) is 1. The molecule has 3 rings (SSSR count). The molecule has 1 amide bonds. The van der Waals surface area contributed by atoms with Gasteiger partial charge in [-0.15, -0.1) is 5.10 Å². The van der Waals surface area contributed by atoms with Crippen molar-refractivity contribution in [3.8, 4) is 11.6 Å². The zero-order valence-corrected chi connectivity index (χ0v) is 14.7. The Kier molecular flexibility index (Phi) is 4.81. The average Bonchev–Trinajstić information content (AvgIpc) is 3.18. The summed E-state index contributed by atoms with van der Waals surface area (Å²) in [6.07, 6.45) is 6.08. The summed E-state index contributed by atoms with van der Waals surface area (Å²) in [4.78, 5) is 12.5. The largest absolute Gasteiger partial charge is 0.459 e. The molecule has 1 fully saturated rings. The second-order valence-electron chi connectivity index (χ2n) is 6.63. The van der Waals surface area contributed by atoms with E-state index in [4.69, 9.17) is 16.3 Å². The summed E-state index contributed by atoms with van der Waals surface area (Å²) in [6, 6.07) is 9.87. The van der Waals surface area contributed by atoms with Crippen LogP contribution in [0.4, 0.5) is 0 Å². The topological polar surface area (TPSA) is 56.2 Å². The monoisotopic (exact) mass is 347 g/mol. The molecule has 1 aliphatic carbocycles. The van der Waals surface area contributed by atoms with Crippen LogP contribution in [0.15, 0.2) is 36.5 Å². The first-order valence-electron chi connectivity index (χ1n) is 8.26. The number of carbonyl (C=O) groups excluding carboxylic acids is 1. The SMILES string of the molecule is CC(C)(Oc1nn(-c2ccccc2)cc1Cl)C(=O)NC1CCCC1. The summed E-state index contributed by atoms with van der Waals surface area (Å²) in [7, 11) is 0. The second-order valence-corrected chi connectivity index (χ2v) is 7.04. The maximum atomic E-state index is 12.5. The number of hydrogen-bond donors (Lipinski definition) is 1. The predicted molar refractivity (Wildman–Crippen MR) is 93.7 cm³/mol. The third-order valence-electron chi connectivity index (χ3n) is 4.25. The van der Waals surface area contributed by atoms with Crippen LogP contribution in [0.3, 0.4) is 0 Å². The molecule has 6 heteroatoms. The first-order chi connectivity index (χ1) is 11.5. The standard InChI is InChI=1S/C18H22ClN3O2/c1-18(2,17(23)20-13-8-6-7-9-13)24-16-15(19)12-22(21-16)14-10-4-3-5-11-14/h3-5,10-13H,6-9H2,1-2H3,(H,20,23). The van der Waals surface area contributed by atoms with Crippen molar-refractivity contribution in [2.45, 2.75) is 51.2 Å². The van der Waals surface area contributed by atoms with E-state index in [1.165, 1.54) is 12.8 Å². The molecule has 1 heterocycles. The maximum absolute atomic E-state index is 12.5. The lowest BCUT2D eigenvalue weighted by Crippen LogP contribution is -2.49. The van der Waals surface area contributed by atoms with E-state index >= 15 is 0 Å². The molecular weight excluding hydrogens is 326 g/mol. The maximum Gasteiger partial charge on any atom is 0.263 e. The van der Waals surface area contributed by atoms with Crippen molar-refractivity contribution in [3.63, 3.8) is 0 Å². The molecule has 0 aliphatic heterocycles. The molecule has 0 unspecified atom stereocenters. The zero-order valence-electron chi connectivity index (χ0n) is 14.0. The highest BCUT2D eigenvalue weighted by Gasteiger charge is 2.33. The third kappa shape index (κ3) is 3.73. The van der Waals surface area contributed by atoms with Gasteiger partial charge in [0.25, 0.3) is 11.8 Å². The summed E-state index contributed by atoms with van der Waals surface area (Å²) in [5.41, 5.74) is -0.162. The fourth-order valence-electron chi connectivity index (χ4n) is 2.84. The van der Waals surface area contributed by atoms with Crippen molar-refractivity contribution in [1.29, 1.82) is 0 Å². The van der Waals surface area contributed by atoms with Crippen LogP contribution in [0.2, 0.25) is 5.02 Å². The molecule has 0 spiro atoms. The van der Waals surface area contributed by atoms with Gasteiger partial charge in [0.2, 0.25) is 0 Å². The van der Waals surface area contributed by atoms with Crippen molar-refractivity contribution in [2.24, 2.45) is 0 Å². The summed E-state index contributed by atoms with van der Waals surface area (Å²) in [6.45, 7) is 3.46. The molecular formula is C18H22ClN3O2. The van der Waals surface area contributed by atoms with Crippen LogP contribution < -0.4 is 10.1 Å². The van der Waals surface area contributed by atoms with E-state index < -0.39 is 5.60 Å². The van der Waals surface area contributed by atoms with Crippen molar-refractivity contribution >= 4 is 17.5 Å². The van der Waals surface area contributed by atoms with E-state index in [2.05, 4.69) is 10.4 Å². The van der Waals surface area contributed by atoms with Crippen molar-refractivity contribution in [3.05, 3.63) is 41.6 Å². The number of amides is 1. The Morgan fingerprint density at radius 1 is 1.29 bits per heavy atom. The van der Waals surface area contributed by atoms with Gasteiger partial charge in [-0.25, -0.2) is 4.68 Å². The van der Waals surface area contributed by atoms with Crippen LogP contribution in [-0.4, -0.2) is 27.3 Å². The lowest BCUT2D eigenvalue weighted by Gasteiger charge is -2.26. The van der Waals surface area contributed by atoms with E-state index in [0.29, 0.717) is 5.02 Å². The van der Waals surface area contributed by atoms with Crippen molar-refractivity contribution in [1.82, 2.24) is 15.1 Å². The molecule has 1 saturated carbocycles. The predicted octanol–water partition coefficient (Wildman–Crippen LogP) is 3.74. The number of rotatable bonds is 5. The van der Waals surface area contributed by atoms with Crippen LogP contribution >= 0.6 is 11.6 Å². The highest BCUT2D eigenvalue weighted by Crippen LogP contribution is 2.28. The van der Waals surface area contributed by atoms with Crippen LogP contribution in [0.25, 0.3) is 5.69 Å². The van der Waals surface area contributed by atoms with Gasteiger partial charge in [-0.3, -0.25) is 4.79 Å². The van der Waals surface area contributed by atoms with E-state index in [1.807, 2.05) is 30.3 Å². The molecule has 0 atom stereocenters. The Morgan fingerprint density at radius 2 is 1.96 bits per heavy atom. The number of aromatic nitrogens is 2. The quantitative estimate of drug-likeness (QED) is 0.896. The van der Waals surface area contributed by atoms with E-state index in [9.17, 15) is 4.79 Å². The Bertz CT molecular complexity index is 706. The summed E-state index contributed by atoms with van der Waals surface area (Å²) in [5.74, 6) is 0.117. The van der Waals surface area contributed by atoms with E-state index in [-0.39, 0.29) is 17.8 Å². The number of nitrogens with one attached hydrogen (secondary N) is 1. The Morgan fingerprint density at radius 3 is 2.62 bits per heavy atom. The van der Waals surface area contributed by atoms with Crippen LogP contribution in [0, 0.1) is 0 Å². The van der Waals surface area contributed by atoms with Gasteiger partial charge in [0.1, 0.15) is 5.02 Å². The molecule has 24 heavy (non-hydrogen) atoms. The van der Waals surface area contributed by atoms with Gasteiger partial charge in [0, 0.05) is 6.04 Å². The van der Waals surface area contributed by atoms with Gasteiger partial charge in [-0.1, -0.05) is 42.6 Å². The number of nitrogens with zero attached hydrogens (tertiary/aromatic N) is 2. The first kappa shape index (κ1) is 16.8. The summed E-state index contributed by atoms with van der Waals surface area (Å²) in [5, 5.41) is 7.79. The van der Waals surface area contributed by atoms with Crippen molar-refractivity contribution in [2.75, 3.05) is 0 Å². The molecule has 1 aliphatic rings. The van der Waals surface area contributed by atoms with Gasteiger partial charge < -0.3 is 10.1 Å². The number of carbonyl (C=O) groups is 1. The summed E-state index contributed by atoms with van der Waals surface area (Å²) >= 11 is 6.24. The molecule has 5 nitrogen and oxygen atoms in total. The Balaban J connectivity index is 1.72. The van der Waals surface area contributed by atoms with E-state index in [0.717, 1.165) is 18.5 Å². The van der Waals surface area contributed by atoms with Crippen LogP contribution in [0.1, 0.15) is 39.5 Å². The lowest BCUT2D eigenvalue weighted by molar-refractivity contribution is -0.135. The normalized spacial score (nSPS) is 15.5. The minimum atomic E-state index is -1.04. The Hall–Kier alpha value is -2.01. The molecule has 0 radical (unpaired) electrons. The van der Waals surface area contributed by atoms with E-state index in [1.54, 1.807) is 24.7 Å². The minimum Gasteiger partial charge on any atom is -0.459 e.